The van der Waals surface area contributed by atoms with Gasteiger partial charge in [0.1, 0.15) is 12.4 Å². The zero-order chi connectivity index (χ0) is 20.4. The lowest BCUT2D eigenvalue weighted by atomic mass is 9.77. The summed E-state index contributed by atoms with van der Waals surface area (Å²) < 4.78 is 21.6. The second-order valence-corrected chi connectivity index (χ2v) is 8.51. The van der Waals surface area contributed by atoms with Crippen LogP contribution in [0.25, 0.3) is 0 Å². The molecular weight excluding hydrogens is 371 g/mol. The maximum absolute atomic E-state index is 13.5. The number of nitrogens with zero attached hydrogens (tertiary/aromatic N) is 4. The highest BCUT2D eigenvalue weighted by atomic mass is 19.1. The van der Waals surface area contributed by atoms with Crippen LogP contribution in [0, 0.1) is 17.7 Å². The number of amides is 1. The van der Waals surface area contributed by atoms with Crippen molar-refractivity contribution in [1.29, 1.82) is 0 Å². The zero-order valence-electron chi connectivity index (χ0n) is 17.1. The number of rotatable bonds is 6. The first kappa shape index (κ1) is 20.0. The SMILES string of the molecule is CN(C)C(=O)CO[C@H]1C[C@@H]2CN(Cc3cccc(F)c3)C[C@@H]2C[C@@H]1n1cccn1. The number of halogens is 1. The van der Waals surface area contributed by atoms with Gasteiger partial charge in [-0.15, -0.1) is 0 Å². The first-order valence-corrected chi connectivity index (χ1v) is 10.3. The molecule has 1 amide bonds. The number of likely N-dealkylation sites (N-methyl/N-ethyl adjacent to an activating group) is 1. The van der Waals surface area contributed by atoms with E-state index in [9.17, 15) is 9.18 Å². The fourth-order valence-electron chi connectivity index (χ4n) is 4.75. The third kappa shape index (κ3) is 4.67. The molecule has 2 aliphatic rings. The van der Waals surface area contributed by atoms with Crippen molar-refractivity contribution in [2.24, 2.45) is 11.8 Å². The van der Waals surface area contributed by atoms with Crippen molar-refractivity contribution in [2.45, 2.75) is 31.5 Å². The normalized spacial score (nSPS) is 27.0. The Kier molecular flexibility index (Phi) is 5.96. The molecule has 4 rings (SSSR count). The largest absolute Gasteiger partial charge is 0.366 e. The molecule has 4 atom stereocenters. The van der Waals surface area contributed by atoms with Crippen molar-refractivity contribution >= 4 is 5.91 Å². The molecule has 29 heavy (non-hydrogen) atoms. The summed E-state index contributed by atoms with van der Waals surface area (Å²) in [6, 6.07) is 8.92. The molecule has 7 heteroatoms. The van der Waals surface area contributed by atoms with Crippen LogP contribution in [0.2, 0.25) is 0 Å². The Morgan fingerprint density at radius 2 is 2.03 bits per heavy atom. The van der Waals surface area contributed by atoms with Crippen LogP contribution in [0.5, 0.6) is 0 Å². The molecule has 0 N–H and O–H groups in total. The minimum atomic E-state index is -0.183. The van der Waals surface area contributed by atoms with Gasteiger partial charge in [0, 0.05) is 46.1 Å². The van der Waals surface area contributed by atoms with Crippen LogP contribution in [0.15, 0.2) is 42.7 Å². The topological polar surface area (TPSA) is 50.6 Å². The summed E-state index contributed by atoms with van der Waals surface area (Å²) >= 11 is 0. The summed E-state index contributed by atoms with van der Waals surface area (Å²) in [7, 11) is 3.49. The molecule has 0 unspecified atom stereocenters. The third-order valence-corrected chi connectivity index (χ3v) is 6.24. The highest BCUT2D eigenvalue weighted by Gasteiger charge is 2.43. The van der Waals surface area contributed by atoms with Gasteiger partial charge in [-0.1, -0.05) is 12.1 Å². The van der Waals surface area contributed by atoms with E-state index >= 15 is 0 Å². The average Bonchev–Trinajstić information content (AvgIpc) is 3.34. The predicted octanol–water partition coefficient (Wildman–Crippen LogP) is 2.58. The van der Waals surface area contributed by atoms with Crippen LogP contribution in [0.3, 0.4) is 0 Å². The van der Waals surface area contributed by atoms with Crippen LogP contribution in [-0.4, -0.2) is 65.4 Å². The van der Waals surface area contributed by atoms with E-state index in [1.807, 2.05) is 23.0 Å². The smallest absolute Gasteiger partial charge is 0.248 e. The summed E-state index contributed by atoms with van der Waals surface area (Å²) in [4.78, 5) is 16.0. The molecule has 0 bridgehead atoms. The van der Waals surface area contributed by atoms with Gasteiger partial charge >= 0.3 is 0 Å². The summed E-state index contributed by atoms with van der Waals surface area (Å²) in [5.74, 6) is 0.874. The molecular formula is C22H29FN4O2. The van der Waals surface area contributed by atoms with Gasteiger partial charge in [0.15, 0.2) is 0 Å². The monoisotopic (exact) mass is 400 g/mol. The third-order valence-electron chi connectivity index (χ3n) is 6.24. The highest BCUT2D eigenvalue weighted by molar-refractivity contribution is 5.76. The second kappa shape index (κ2) is 8.63. The lowest BCUT2D eigenvalue weighted by molar-refractivity contribution is -0.138. The summed E-state index contributed by atoms with van der Waals surface area (Å²) in [5.41, 5.74) is 1.01. The molecule has 2 aromatic rings. The summed E-state index contributed by atoms with van der Waals surface area (Å²) in [6.45, 7) is 2.85. The van der Waals surface area contributed by atoms with E-state index in [0.29, 0.717) is 11.8 Å². The number of hydrogen-bond acceptors (Lipinski definition) is 4. The Balaban J connectivity index is 1.44. The van der Waals surface area contributed by atoms with Gasteiger partial charge in [-0.3, -0.25) is 14.4 Å². The molecule has 1 aromatic heterocycles. The van der Waals surface area contributed by atoms with E-state index in [1.165, 1.54) is 6.07 Å². The van der Waals surface area contributed by atoms with Gasteiger partial charge in [-0.2, -0.15) is 5.10 Å². The standard InChI is InChI=1S/C22H29FN4O2/c1-25(2)22(28)15-29-21-11-18-14-26(12-16-5-3-6-19(23)9-16)13-17(18)10-20(21)27-8-4-7-24-27/h3-9,17-18,20-21H,10-15H2,1-2H3/t17-,18+,20-,21-/m0/s1. The second-order valence-electron chi connectivity index (χ2n) is 8.51. The lowest BCUT2D eigenvalue weighted by Crippen LogP contribution is -2.40. The molecule has 0 radical (unpaired) electrons. The Morgan fingerprint density at radius 1 is 1.24 bits per heavy atom. The van der Waals surface area contributed by atoms with Crippen molar-refractivity contribution in [3.05, 3.63) is 54.1 Å². The van der Waals surface area contributed by atoms with E-state index in [-0.39, 0.29) is 30.5 Å². The number of carbonyl (C=O) groups excluding carboxylic acids is 1. The fraction of sp³-hybridized carbons (Fsp3) is 0.545. The van der Waals surface area contributed by atoms with Gasteiger partial charge in [0.2, 0.25) is 5.91 Å². The number of ether oxygens (including phenoxy) is 1. The molecule has 6 nitrogen and oxygen atoms in total. The Hall–Kier alpha value is -2.25. The predicted molar refractivity (Wildman–Crippen MR) is 108 cm³/mol. The first-order chi connectivity index (χ1) is 14.0. The maximum atomic E-state index is 13.5. The van der Waals surface area contributed by atoms with E-state index < -0.39 is 0 Å². The number of aromatic nitrogens is 2. The molecule has 2 fully saturated rings. The molecule has 1 aliphatic carbocycles. The van der Waals surface area contributed by atoms with Gasteiger partial charge in [0.25, 0.3) is 0 Å². The number of likely N-dealkylation sites (tertiary alicyclic amines) is 1. The summed E-state index contributed by atoms with van der Waals surface area (Å²) in [6.07, 6.45) is 5.63. The van der Waals surface area contributed by atoms with E-state index in [1.54, 1.807) is 37.3 Å². The van der Waals surface area contributed by atoms with Crippen molar-refractivity contribution in [2.75, 3.05) is 33.8 Å². The van der Waals surface area contributed by atoms with Crippen molar-refractivity contribution in [3.63, 3.8) is 0 Å². The van der Waals surface area contributed by atoms with Crippen molar-refractivity contribution in [1.82, 2.24) is 19.6 Å². The first-order valence-electron chi connectivity index (χ1n) is 10.3. The van der Waals surface area contributed by atoms with Crippen molar-refractivity contribution < 1.29 is 13.9 Å². The zero-order valence-corrected chi connectivity index (χ0v) is 17.1. The van der Waals surface area contributed by atoms with Gasteiger partial charge in [0.05, 0.1) is 12.1 Å². The number of hydrogen-bond donors (Lipinski definition) is 0. The number of fused-ring (bicyclic) bond motifs is 1. The number of carbonyl (C=O) groups is 1. The molecule has 0 spiro atoms. The fourth-order valence-corrected chi connectivity index (χ4v) is 4.75. The minimum absolute atomic E-state index is 0.0227. The van der Waals surface area contributed by atoms with Crippen LogP contribution in [0.4, 0.5) is 4.39 Å². The molecule has 2 heterocycles. The van der Waals surface area contributed by atoms with Crippen molar-refractivity contribution in [3.8, 4) is 0 Å². The van der Waals surface area contributed by atoms with E-state index in [2.05, 4.69) is 10.00 Å². The van der Waals surface area contributed by atoms with Crippen LogP contribution >= 0.6 is 0 Å². The van der Waals surface area contributed by atoms with Crippen LogP contribution < -0.4 is 0 Å². The van der Waals surface area contributed by atoms with Gasteiger partial charge in [-0.25, -0.2) is 4.39 Å². The molecule has 156 valence electrons. The van der Waals surface area contributed by atoms with Crippen LogP contribution in [0.1, 0.15) is 24.4 Å². The molecule has 1 aromatic carbocycles. The van der Waals surface area contributed by atoms with Gasteiger partial charge in [-0.05, 0) is 48.4 Å². The quantitative estimate of drug-likeness (QED) is 0.748. The average molecular weight is 400 g/mol. The molecule has 1 saturated heterocycles. The Bertz CT molecular complexity index is 826. The Morgan fingerprint density at radius 3 is 2.72 bits per heavy atom. The number of benzene rings is 1. The lowest BCUT2D eigenvalue weighted by Gasteiger charge is -2.38. The molecule has 1 aliphatic heterocycles. The Labute approximate surface area is 171 Å². The minimum Gasteiger partial charge on any atom is -0.366 e. The highest BCUT2D eigenvalue weighted by Crippen LogP contribution is 2.42. The maximum Gasteiger partial charge on any atom is 0.248 e. The van der Waals surface area contributed by atoms with E-state index in [4.69, 9.17) is 4.74 Å². The summed E-state index contributed by atoms with van der Waals surface area (Å²) in [5, 5.41) is 4.45. The van der Waals surface area contributed by atoms with E-state index in [0.717, 1.165) is 38.0 Å². The molecule has 1 saturated carbocycles. The van der Waals surface area contributed by atoms with Crippen LogP contribution in [-0.2, 0) is 16.1 Å². The van der Waals surface area contributed by atoms with Gasteiger partial charge < -0.3 is 9.64 Å².